The molecule has 0 saturated carbocycles. The fraction of sp³-hybridized carbons (Fsp3) is 0. The normalized spacial score (nSPS) is 14.5. The maximum atomic E-state index is 3.35. The summed E-state index contributed by atoms with van der Waals surface area (Å²) < 4.78 is 0. The second kappa shape index (κ2) is 4.28. The summed E-state index contributed by atoms with van der Waals surface area (Å²) in [6.45, 7) is 0. The Morgan fingerprint density at radius 2 is 0.692 bits per heavy atom. The predicted molar refractivity (Wildman–Crippen MR) is 114 cm³/mol. The monoisotopic (exact) mass is 330 g/mol. The molecule has 0 spiro atoms. The third-order valence-corrected chi connectivity index (χ3v) is 5.81. The molecule has 5 aromatic carbocycles. The molecule has 7 rings (SSSR count). The molecule has 0 saturated heterocycles. The Hall–Kier alpha value is -3.27. The maximum absolute atomic E-state index is 3.35. The molecule has 4 nitrogen and oxygen atoms in total. The molecule has 0 fully saturated rings. The van der Waals surface area contributed by atoms with Gasteiger partial charge in [0.25, 0.3) is 0 Å². The molecule has 6 heteroatoms. The fourth-order valence-electron chi connectivity index (χ4n) is 4.75. The third kappa shape index (κ3) is 1.37. The van der Waals surface area contributed by atoms with Crippen molar-refractivity contribution in [3.63, 3.8) is 0 Å². The van der Waals surface area contributed by atoms with E-state index in [2.05, 4.69) is 69.4 Å². The van der Waals surface area contributed by atoms with E-state index < -0.39 is 0 Å². The Kier molecular flexibility index (Phi) is 2.14. The molecule has 5 aromatic rings. The van der Waals surface area contributed by atoms with Gasteiger partial charge < -0.3 is 20.9 Å². The molecular formula is C20H12B2N4. The summed E-state index contributed by atoms with van der Waals surface area (Å²) in [6, 6.07) is 17.7. The minimum Gasteiger partial charge on any atom is -0.412 e. The molecule has 2 heterocycles. The van der Waals surface area contributed by atoms with Gasteiger partial charge in [0.2, 0.25) is 0 Å². The van der Waals surface area contributed by atoms with E-state index in [1.807, 2.05) is 15.1 Å². The highest BCUT2D eigenvalue weighted by atomic mass is 15.0. The van der Waals surface area contributed by atoms with Crippen molar-refractivity contribution in [1.82, 2.24) is 0 Å². The molecule has 118 valence electrons. The van der Waals surface area contributed by atoms with Crippen LogP contribution in [-0.2, 0) is 0 Å². The predicted octanol–water partition coefficient (Wildman–Crippen LogP) is 4.48. The first kappa shape index (κ1) is 13.0. The van der Waals surface area contributed by atoms with Gasteiger partial charge in [0.1, 0.15) is 0 Å². The molecule has 26 heavy (non-hydrogen) atoms. The first-order valence-corrected chi connectivity index (χ1v) is 8.80. The molecule has 2 aliphatic heterocycles. The van der Waals surface area contributed by atoms with Crippen LogP contribution in [0.1, 0.15) is 0 Å². The van der Waals surface area contributed by atoms with E-state index in [0.29, 0.717) is 0 Å². The van der Waals surface area contributed by atoms with Crippen molar-refractivity contribution in [1.29, 1.82) is 0 Å². The van der Waals surface area contributed by atoms with Gasteiger partial charge in [-0.25, -0.2) is 0 Å². The lowest BCUT2D eigenvalue weighted by Crippen LogP contribution is -2.21. The molecule has 0 bridgehead atoms. The number of nitrogens with one attached hydrogen (secondary N) is 4. The van der Waals surface area contributed by atoms with Crippen LogP contribution >= 0.6 is 0 Å². The minimum absolute atomic E-state index is 1.16. The number of hydrogen-bond donors (Lipinski definition) is 4. The second-order valence-corrected chi connectivity index (χ2v) is 7.01. The van der Waals surface area contributed by atoms with Crippen molar-refractivity contribution in [3.05, 3.63) is 48.5 Å². The number of fused-ring (bicyclic) bond motifs is 2. The summed E-state index contributed by atoms with van der Waals surface area (Å²) in [5.41, 5.74) is 4.63. The van der Waals surface area contributed by atoms with Gasteiger partial charge in [-0.05, 0) is 45.8 Å². The molecule has 0 aliphatic carbocycles. The smallest absolute Gasteiger partial charge is 0.385 e. The van der Waals surface area contributed by atoms with Crippen LogP contribution in [0.5, 0.6) is 0 Å². The van der Waals surface area contributed by atoms with Gasteiger partial charge in [0.05, 0.1) is 0 Å². The van der Waals surface area contributed by atoms with E-state index in [4.69, 9.17) is 0 Å². The van der Waals surface area contributed by atoms with Gasteiger partial charge in [0, 0.05) is 44.3 Å². The van der Waals surface area contributed by atoms with Crippen LogP contribution in [0, 0.1) is 0 Å². The molecule has 0 atom stereocenters. The number of benzene rings is 5. The van der Waals surface area contributed by atoms with Gasteiger partial charge in [-0.2, -0.15) is 0 Å². The summed E-state index contributed by atoms with van der Waals surface area (Å²) in [7, 11) is 3.80. The Balaban J connectivity index is 1.84. The van der Waals surface area contributed by atoms with E-state index in [0.717, 1.165) is 22.7 Å². The SMILES string of the molecule is [B]1Nc2ccc3c4ccc5c6c(ccc(c7ccc(c2c37)N1)c64)N[B]N5. The van der Waals surface area contributed by atoms with Crippen molar-refractivity contribution >= 4 is 80.9 Å². The largest absolute Gasteiger partial charge is 0.412 e. The standard InChI is InChI=1S/C20H12B2N4/c1-5-13-19-14(24-21-23-13)7-3-11-12-4-8-16-20-15(25-22-26-16)6-2-10(18(12)20)9(1)17(11)19/h1-8,23-26H. The van der Waals surface area contributed by atoms with Crippen LogP contribution in [0.2, 0.25) is 0 Å². The van der Waals surface area contributed by atoms with E-state index in [1.54, 1.807) is 0 Å². The molecule has 2 radical (unpaired) electrons. The Labute approximate surface area is 150 Å². The maximum Gasteiger partial charge on any atom is 0.385 e. The average molecular weight is 330 g/mol. The highest BCUT2D eigenvalue weighted by Crippen LogP contribution is 2.48. The quantitative estimate of drug-likeness (QED) is 0.192. The lowest BCUT2D eigenvalue weighted by molar-refractivity contribution is 1.65. The van der Waals surface area contributed by atoms with E-state index in [-0.39, 0.29) is 0 Å². The van der Waals surface area contributed by atoms with Crippen molar-refractivity contribution in [3.8, 4) is 0 Å². The number of rotatable bonds is 0. The molecule has 2 aliphatic rings. The molecular weight excluding hydrogens is 318 g/mol. The molecule has 0 amide bonds. The summed E-state index contributed by atoms with van der Waals surface area (Å²) >= 11 is 0. The van der Waals surface area contributed by atoms with Crippen LogP contribution in [0.4, 0.5) is 22.7 Å². The fourth-order valence-corrected chi connectivity index (χ4v) is 4.75. The lowest BCUT2D eigenvalue weighted by Gasteiger charge is -2.25. The van der Waals surface area contributed by atoms with Gasteiger partial charge in [-0.15, -0.1) is 0 Å². The average Bonchev–Trinajstić information content (AvgIpc) is 2.70. The Morgan fingerprint density at radius 3 is 1.00 bits per heavy atom. The van der Waals surface area contributed by atoms with Gasteiger partial charge in [0.15, 0.2) is 0 Å². The first-order chi connectivity index (χ1) is 12.9. The Morgan fingerprint density at radius 1 is 0.385 bits per heavy atom. The van der Waals surface area contributed by atoms with Crippen molar-refractivity contribution in [2.75, 3.05) is 20.9 Å². The van der Waals surface area contributed by atoms with E-state index in [1.165, 1.54) is 43.1 Å². The summed E-state index contributed by atoms with van der Waals surface area (Å²) in [4.78, 5) is 0. The van der Waals surface area contributed by atoms with E-state index in [9.17, 15) is 0 Å². The molecule has 4 N–H and O–H groups in total. The minimum atomic E-state index is 1.16. The van der Waals surface area contributed by atoms with Crippen LogP contribution in [-0.4, -0.2) is 15.1 Å². The molecule has 0 aromatic heterocycles. The van der Waals surface area contributed by atoms with Crippen molar-refractivity contribution in [2.45, 2.75) is 0 Å². The summed E-state index contributed by atoms with van der Waals surface area (Å²) in [6.07, 6.45) is 0. The van der Waals surface area contributed by atoms with E-state index >= 15 is 0 Å². The van der Waals surface area contributed by atoms with Gasteiger partial charge in [-0.3, -0.25) is 0 Å². The van der Waals surface area contributed by atoms with Crippen molar-refractivity contribution < 1.29 is 0 Å². The van der Waals surface area contributed by atoms with Crippen LogP contribution < -0.4 is 20.9 Å². The number of anilines is 4. The summed E-state index contributed by atoms with van der Waals surface area (Å²) in [5.74, 6) is 0. The van der Waals surface area contributed by atoms with Gasteiger partial charge >= 0.3 is 15.1 Å². The lowest BCUT2D eigenvalue weighted by atomic mass is 9.85. The van der Waals surface area contributed by atoms with Crippen LogP contribution in [0.3, 0.4) is 0 Å². The molecule has 0 unspecified atom stereocenters. The zero-order valence-electron chi connectivity index (χ0n) is 13.8. The van der Waals surface area contributed by atoms with Crippen LogP contribution in [0.15, 0.2) is 48.5 Å². The highest BCUT2D eigenvalue weighted by molar-refractivity contribution is 6.52. The van der Waals surface area contributed by atoms with Crippen molar-refractivity contribution in [2.24, 2.45) is 0 Å². The van der Waals surface area contributed by atoms with Crippen LogP contribution in [0.25, 0.3) is 43.1 Å². The Bertz CT molecular complexity index is 1190. The second-order valence-electron chi connectivity index (χ2n) is 7.01. The third-order valence-electron chi connectivity index (χ3n) is 5.81. The highest BCUT2D eigenvalue weighted by Gasteiger charge is 2.22. The summed E-state index contributed by atoms with van der Waals surface area (Å²) in [5, 5.41) is 23.8. The number of hydrogen-bond acceptors (Lipinski definition) is 4. The topological polar surface area (TPSA) is 48.1 Å². The zero-order valence-corrected chi connectivity index (χ0v) is 13.8. The zero-order chi connectivity index (χ0) is 16.8. The van der Waals surface area contributed by atoms with Gasteiger partial charge in [-0.1, -0.05) is 24.3 Å². The first-order valence-electron chi connectivity index (χ1n) is 8.80.